The molecule has 4 rings (SSSR count). The molecular formula is C23H33N5O. The summed E-state index contributed by atoms with van der Waals surface area (Å²) in [6, 6.07) is 8.76. The van der Waals surface area contributed by atoms with Crippen molar-refractivity contribution in [1.29, 1.82) is 0 Å². The van der Waals surface area contributed by atoms with E-state index in [1.54, 1.807) is 6.20 Å². The zero-order chi connectivity index (χ0) is 20.1. The highest BCUT2D eigenvalue weighted by Crippen LogP contribution is 2.23. The predicted molar refractivity (Wildman–Crippen MR) is 115 cm³/mol. The summed E-state index contributed by atoms with van der Waals surface area (Å²) in [4.78, 5) is 23.6. The van der Waals surface area contributed by atoms with Crippen LogP contribution in [0.25, 0.3) is 5.69 Å². The number of amides is 1. The minimum absolute atomic E-state index is 0.352. The van der Waals surface area contributed by atoms with E-state index >= 15 is 0 Å². The van der Waals surface area contributed by atoms with Crippen molar-refractivity contribution in [2.45, 2.75) is 32.2 Å². The van der Waals surface area contributed by atoms with Gasteiger partial charge in [-0.1, -0.05) is 12.1 Å². The fourth-order valence-corrected chi connectivity index (χ4v) is 4.52. The fourth-order valence-electron chi connectivity index (χ4n) is 4.52. The second-order valence-electron chi connectivity index (χ2n) is 8.60. The molecule has 3 heterocycles. The first-order valence-electron chi connectivity index (χ1n) is 10.9. The quantitative estimate of drug-likeness (QED) is 0.754. The topological polar surface area (TPSA) is 44.6 Å². The van der Waals surface area contributed by atoms with Gasteiger partial charge in [-0.05, 0) is 56.5 Å². The molecule has 0 aliphatic carbocycles. The molecule has 0 radical (unpaired) electrons. The van der Waals surface area contributed by atoms with Gasteiger partial charge in [-0.25, -0.2) is 4.98 Å². The summed E-state index contributed by atoms with van der Waals surface area (Å²) in [6.07, 6.45) is 9.83. The molecule has 2 aliphatic rings. The number of likely N-dealkylation sites (tertiary alicyclic amines) is 1. The van der Waals surface area contributed by atoms with E-state index in [0.717, 1.165) is 57.9 Å². The molecule has 2 fully saturated rings. The Labute approximate surface area is 174 Å². The molecule has 2 aromatic rings. The Bertz CT molecular complexity index is 765. The van der Waals surface area contributed by atoms with Gasteiger partial charge in [0.25, 0.3) is 0 Å². The van der Waals surface area contributed by atoms with Crippen LogP contribution >= 0.6 is 0 Å². The van der Waals surface area contributed by atoms with Gasteiger partial charge in [-0.3, -0.25) is 9.69 Å². The minimum Gasteiger partial charge on any atom is -0.340 e. The largest absolute Gasteiger partial charge is 0.340 e. The first-order valence-corrected chi connectivity index (χ1v) is 10.9. The number of hydrogen-bond donors (Lipinski definition) is 0. The molecule has 1 amide bonds. The lowest BCUT2D eigenvalue weighted by molar-refractivity contribution is -0.133. The van der Waals surface area contributed by atoms with Crippen LogP contribution < -0.4 is 0 Å². The van der Waals surface area contributed by atoms with E-state index in [0.29, 0.717) is 18.2 Å². The van der Waals surface area contributed by atoms with Crippen LogP contribution in [0.3, 0.4) is 0 Å². The maximum Gasteiger partial charge on any atom is 0.222 e. The number of hydrogen-bond acceptors (Lipinski definition) is 4. The number of nitrogens with zero attached hydrogens (tertiary/aromatic N) is 5. The van der Waals surface area contributed by atoms with Crippen molar-refractivity contribution in [3.63, 3.8) is 0 Å². The van der Waals surface area contributed by atoms with Gasteiger partial charge in [-0.15, -0.1) is 0 Å². The fraction of sp³-hybridized carbons (Fsp3) is 0.565. The van der Waals surface area contributed by atoms with Crippen molar-refractivity contribution < 1.29 is 4.79 Å². The van der Waals surface area contributed by atoms with E-state index < -0.39 is 0 Å². The van der Waals surface area contributed by atoms with Crippen molar-refractivity contribution >= 4 is 5.91 Å². The van der Waals surface area contributed by atoms with Gasteiger partial charge in [0.15, 0.2) is 0 Å². The first kappa shape index (κ1) is 20.1. The Morgan fingerprint density at radius 2 is 1.90 bits per heavy atom. The Hall–Kier alpha value is -2.18. The monoisotopic (exact) mass is 395 g/mol. The molecule has 6 heteroatoms. The molecule has 0 bridgehead atoms. The van der Waals surface area contributed by atoms with Gasteiger partial charge in [0.2, 0.25) is 5.91 Å². The van der Waals surface area contributed by atoms with Crippen LogP contribution in [0, 0.1) is 5.92 Å². The number of likely N-dealkylation sites (N-methyl/N-ethyl adjacent to an activating group) is 1. The van der Waals surface area contributed by atoms with Crippen molar-refractivity contribution in [2.24, 2.45) is 5.92 Å². The van der Waals surface area contributed by atoms with E-state index in [4.69, 9.17) is 0 Å². The van der Waals surface area contributed by atoms with E-state index in [-0.39, 0.29) is 0 Å². The summed E-state index contributed by atoms with van der Waals surface area (Å²) in [6.45, 7) is 7.05. The van der Waals surface area contributed by atoms with Crippen LogP contribution in [0.15, 0.2) is 43.0 Å². The smallest absolute Gasteiger partial charge is 0.222 e. The van der Waals surface area contributed by atoms with E-state index in [2.05, 4.69) is 51.0 Å². The number of piperidine rings is 1. The van der Waals surface area contributed by atoms with Crippen LogP contribution in [-0.4, -0.2) is 76.5 Å². The first-order chi connectivity index (χ1) is 14.2. The summed E-state index contributed by atoms with van der Waals surface area (Å²) in [5.74, 6) is 0.996. The van der Waals surface area contributed by atoms with Crippen molar-refractivity contribution in [2.75, 3.05) is 46.3 Å². The van der Waals surface area contributed by atoms with Crippen molar-refractivity contribution in [1.82, 2.24) is 24.3 Å². The van der Waals surface area contributed by atoms with E-state index in [1.165, 1.54) is 18.4 Å². The van der Waals surface area contributed by atoms with Crippen LogP contribution in [0.4, 0.5) is 0 Å². The number of carbonyl (C=O) groups excluding carboxylic acids is 1. The second-order valence-corrected chi connectivity index (χ2v) is 8.60. The number of aromatic nitrogens is 2. The molecule has 1 aromatic carbocycles. The molecule has 0 saturated carbocycles. The predicted octanol–water partition coefficient (Wildman–Crippen LogP) is 2.64. The molecule has 1 unspecified atom stereocenters. The summed E-state index contributed by atoms with van der Waals surface area (Å²) < 4.78 is 2.03. The van der Waals surface area contributed by atoms with Gasteiger partial charge in [0, 0.05) is 63.8 Å². The van der Waals surface area contributed by atoms with Crippen LogP contribution in [-0.2, 0) is 11.3 Å². The molecule has 29 heavy (non-hydrogen) atoms. The highest BCUT2D eigenvalue weighted by atomic mass is 16.2. The summed E-state index contributed by atoms with van der Waals surface area (Å²) >= 11 is 0. The van der Waals surface area contributed by atoms with Crippen LogP contribution in [0.1, 0.15) is 31.2 Å². The number of benzene rings is 1. The Balaban J connectivity index is 1.23. The van der Waals surface area contributed by atoms with Gasteiger partial charge in [0.1, 0.15) is 0 Å². The Kier molecular flexibility index (Phi) is 6.62. The molecular weight excluding hydrogens is 362 g/mol. The third-order valence-electron chi connectivity index (χ3n) is 6.37. The molecule has 2 aliphatic heterocycles. The normalized spacial score (nSPS) is 21.4. The highest BCUT2D eigenvalue weighted by Gasteiger charge is 2.23. The summed E-state index contributed by atoms with van der Waals surface area (Å²) in [5, 5.41) is 0. The minimum atomic E-state index is 0.352. The molecule has 0 spiro atoms. The zero-order valence-corrected chi connectivity index (χ0v) is 17.5. The van der Waals surface area contributed by atoms with Gasteiger partial charge in [0.05, 0.1) is 6.33 Å². The number of imidazole rings is 1. The average molecular weight is 396 g/mol. The van der Waals surface area contributed by atoms with Gasteiger partial charge in [-0.2, -0.15) is 0 Å². The summed E-state index contributed by atoms with van der Waals surface area (Å²) in [7, 11) is 2.13. The van der Waals surface area contributed by atoms with Crippen LogP contribution in [0.2, 0.25) is 0 Å². The Morgan fingerprint density at radius 3 is 2.62 bits per heavy atom. The number of piperazine rings is 1. The number of carbonyl (C=O) groups is 1. The molecule has 156 valence electrons. The maximum absolute atomic E-state index is 12.5. The lowest BCUT2D eigenvalue weighted by atomic mass is 9.92. The van der Waals surface area contributed by atoms with Crippen LogP contribution in [0.5, 0.6) is 0 Å². The number of rotatable bonds is 6. The average Bonchev–Trinajstić information content (AvgIpc) is 3.28. The molecule has 0 N–H and O–H groups in total. The van der Waals surface area contributed by atoms with Crippen molar-refractivity contribution in [3.8, 4) is 5.69 Å². The Morgan fingerprint density at radius 1 is 1.10 bits per heavy atom. The van der Waals surface area contributed by atoms with E-state index in [9.17, 15) is 4.79 Å². The molecule has 1 aromatic heterocycles. The van der Waals surface area contributed by atoms with E-state index in [1.807, 2.05) is 17.1 Å². The lowest BCUT2D eigenvalue weighted by Crippen LogP contribution is -2.47. The maximum atomic E-state index is 12.5. The summed E-state index contributed by atoms with van der Waals surface area (Å²) in [5.41, 5.74) is 2.49. The SMILES string of the molecule is CN1CCN(C(=O)CCC2CCCN(Cc3ccc(-n4ccnc4)cc3)C2)CC1. The second kappa shape index (κ2) is 9.55. The third kappa shape index (κ3) is 5.46. The molecule has 6 nitrogen and oxygen atoms in total. The lowest BCUT2D eigenvalue weighted by Gasteiger charge is -2.34. The standard InChI is InChI=1S/C23H33N5O/c1-25-13-15-27(16-14-25)23(29)9-6-20-3-2-11-26(17-20)18-21-4-7-22(8-5-21)28-12-10-24-19-28/h4-5,7-8,10,12,19-20H,2-3,6,9,11,13-18H2,1H3. The molecule has 2 saturated heterocycles. The third-order valence-corrected chi connectivity index (χ3v) is 6.37. The molecule has 1 atom stereocenters. The zero-order valence-electron chi connectivity index (χ0n) is 17.5. The van der Waals surface area contributed by atoms with Gasteiger partial charge >= 0.3 is 0 Å². The van der Waals surface area contributed by atoms with Gasteiger partial charge < -0.3 is 14.4 Å². The highest BCUT2D eigenvalue weighted by molar-refractivity contribution is 5.76. The van der Waals surface area contributed by atoms with Crippen molar-refractivity contribution in [3.05, 3.63) is 48.5 Å².